The number of nitrogens with one attached hydrogen (secondary N) is 1. The van der Waals surface area contributed by atoms with Gasteiger partial charge in [-0.2, -0.15) is 0 Å². The van der Waals surface area contributed by atoms with Crippen LogP contribution in [0, 0.1) is 11.8 Å². The molecule has 0 radical (unpaired) electrons. The van der Waals surface area contributed by atoms with E-state index in [0.717, 1.165) is 35.7 Å². The van der Waals surface area contributed by atoms with Gasteiger partial charge in [-0.1, -0.05) is 36.2 Å². The highest BCUT2D eigenvalue weighted by atomic mass is 79.9. The van der Waals surface area contributed by atoms with E-state index in [1.807, 2.05) is 19.1 Å². The maximum Gasteiger partial charge on any atom is 0.415 e. The van der Waals surface area contributed by atoms with Crippen LogP contribution in [0.3, 0.4) is 0 Å². The molecule has 1 aliphatic carbocycles. The SMILES string of the molecule is CCCC(=O)N[C@@]1(C)C[C@@H](c2cc(Br)cc(Br)c2OC(=O)N2CCOCC2)O[C@H]2C[C@@H](C)CC[C@@H]21. The highest BCUT2D eigenvalue weighted by molar-refractivity contribution is 9.11. The third kappa shape index (κ3) is 6.22. The van der Waals surface area contributed by atoms with Crippen LogP contribution >= 0.6 is 31.9 Å². The zero-order valence-electron chi connectivity index (χ0n) is 20.8. The molecule has 194 valence electrons. The third-order valence-electron chi connectivity index (χ3n) is 7.57. The number of fused-ring (bicyclic) bond motifs is 1. The van der Waals surface area contributed by atoms with Crippen LogP contribution in [0.1, 0.15) is 71.0 Å². The first-order valence-electron chi connectivity index (χ1n) is 12.7. The molecule has 1 saturated carbocycles. The number of ether oxygens (including phenoxy) is 3. The summed E-state index contributed by atoms with van der Waals surface area (Å²) in [6.07, 6.45) is 4.38. The van der Waals surface area contributed by atoms with E-state index in [1.165, 1.54) is 0 Å². The largest absolute Gasteiger partial charge is 0.415 e. The summed E-state index contributed by atoms with van der Waals surface area (Å²) >= 11 is 7.21. The normalized spacial score (nSPS) is 30.9. The Bertz CT molecular complexity index is 939. The second-order valence-corrected chi connectivity index (χ2v) is 12.2. The van der Waals surface area contributed by atoms with Crippen molar-refractivity contribution in [3.8, 4) is 5.75 Å². The summed E-state index contributed by atoms with van der Waals surface area (Å²) in [5.74, 6) is 1.38. The Kier molecular flexibility index (Phi) is 8.82. The van der Waals surface area contributed by atoms with Crippen molar-refractivity contribution in [3.05, 3.63) is 26.6 Å². The summed E-state index contributed by atoms with van der Waals surface area (Å²) < 4.78 is 19.6. The van der Waals surface area contributed by atoms with Gasteiger partial charge in [0, 0.05) is 47.4 Å². The van der Waals surface area contributed by atoms with Crippen LogP contribution < -0.4 is 10.1 Å². The number of halogens is 2. The van der Waals surface area contributed by atoms with Gasteiger partial charge in [-0.25, -0.2) is 4.79 Å². The summed E-state index contributed by atoms with van der Waals surface area (Å²) in [7, 11) is 0. The van der Waals surface area contributed by atoms with E-state index >= 15 is 0 Å². The highest BCUT2D eigenvalue weighted by Gasteiger charge is 2.50. The molecule has 0 unspecified atom stereocenters. The van der Waals surface area contributed by atoms with Crippen molar-refractivity contribution >= 4 is 43.9 Å². The molecule has 1 aromatic rings. The number of carbonyl (C=O) groups is 2. The first-order chi connectivity index (χ1) is 16.7. The van der Waals surface area contributed by atoms with Crippen LogP contribution in [0.5, 0.6) is 5.75 Å². The fraction of sp³-hybridized carbons (Fsp3) is 0.692. The lowest BCUT2D eigenvalue weighted by atomic mass is 9.66. The van der Waals surface area contributed by atoms with Crippen LogP contribution in [-0.2, 0) is 14.3 Å². The monoisotopic (exact) mass is 614 g/mol. The van der Waals surface area contributed by atoms with Gasteiger partial charge in [0.2, 0.25) is 5.91 Å². The minimum absolute atomic E-state index is 0.0324. The van der Waals surface area contributed by atoms with E-state index in [9.17, 15) is 9.59 Å². The van der Waals surface area contributed by atoms with Gasteiger partial charge < -0.3 is 24.4 Å². The second-order valence-electron chi connectivity index (χ2n) is 10.4. The van der Waals surface area contributed by atoms with Crippen LogP contribution in [0.2, 0.25) is 0 Å². The van der Waals surface area contributed by atoms with Crippen LogP contribution in [-0.4, -0.2) is 54.8 Å². The molecule has 35 heavy (non-hydrogen) atoms. The fourth-order valence-corrected chi connectivity index (χ4v) is 7.10. The Balaban J connectivity index is 1.65. The number of amides is 2. The standard InChI is InChI=1S/C26H36Br2N2O5/c1-4-5-23(31)29-26(3)15-22(34-21-12-16(2)6-7-19(21)26)18-13-17(27)14-20(28)24(18)35-25(32)30-8-10-33-11-9-30/h13-14,16,19,21-22H,4-12,15H2,1-3H3,(H,29,31)/t16-,19-,21-,22-,26-/m0/s1. The van der Waals surface area contributed by atoms with Gasteiger partial charge in [0.1, 0.15) is 0 Å². The van der Waals surface area contributed by atoms with Crippen molar-refractivity contribution in [2.45, 2.75) is 77.0 Å². The maximum atomic E-state index is 13.0. The molecule has 0 aromatic heterocycles. The number of hydrogen-bond acceptors (Lipinski definition) is 5. The third-order valence-corrected chi connectivity index (χ3v) is 8.61. The lowest BCUT2D eigenvalue weighted by Gasteiger charge is -2.52. The quantitative estimate of drug-likeness (QED) is 0.441. The predicted molar refractivity (Wildman–Crippen MR) is 140 cm³/mol. The molecule has 1 N–H and O–H groups in total. The predicted octanol–water partition coefficient (Wildman–Crippen LogP) is 5.98. The molecule has 2 amide bonds. The van der Waals surface area contributed by atoms with Crippen molar-refractivity contribution in [2.24, 2.45) is 11.8 Å². The molecule has 0 bridgehead atoms. The van der Waals surface area contributed by atoms with Gasteiger partial charge in [-0.3, -0.25) is 4.79 Å². The smallest absolute Gasteiger partial charge is 0.409 e. The van der Waals surface area contributed by atoms with E-state index in [2.05, 4.69) is 51.0 Å². The second kappa shape index (κ2) is 11.5. The molecular weight excluding hydrogens is 580 g/mol. The average Bonchev–Trinajstić information content (AvgIpc) is 2.80. The van der Waals surface area contributed by atoms with E-state index in [0.29, 0.717) is 55.3 Å². The molecule has 3 aliphatic rings. The van der Waals surface area contributed by atoms with Crippen molar-refractivity contribution in [3.63, 3.8) is 0 Å². The first-order valence-corrected chi connectivity index (χ1v) is 14.3. The molecule has 3 fully saturated rings. The fourth-order valence-electron chi connectivity index (χ4n) is 5.76. The lowest BCUT2D eigenvalue weighted by Crippen LogP contribution is -2.60. The van der Waals surface area contributed by atoms with Gasteiger partial charge in [0.05, 0.1) is 29.9 Å². The highest BCUT2D eigenvalue weighted by Crippen LogP contribution is 2.50. The number of benzene rings is 1. The molecule has 7 nitrogen and oxygen atoms in total. The molecular formula is C26H36Br2N2O5. The number of morpholine rings is 1. The molecule has 5 atom stereocenters. The molecule has 0 spiro atoms. The van der Waals surface area contributed by atoms with Crippen molar-refractivity contribution in [1.82, 2.24) is 10.2 Å². The Hall–Kier alpha value is -1.16. The summed E-state index contributed by atoms with van der Waals surface area (Å²) in [5.41, 5.74) is 0.403. The van der Waals surface area contributed by atoms with Crippen LogP contribution in [0.4, 0.5) is 4.79 Å². The molecule has 1 aromatic carbocycles. The van der Waals surface area contributed by atoms with Gasteiger partial charge in [0.15, 0.2) is 5.75 Å². The summed E-state index contributed by atoms with van der Waals surface area (Å²) in [6.45, 7) is 8.47. The van der Waals surface area contributed by atoms with Crippen molar-refractivity contribution < 1.29 is 23.8 Å². The Morgan fingerprint density at radius 2 is 1.97 bits per heavy atom. The van der Waals surface area contributed by atoms with E-state index in [4.69, 9.17) is 14.2 Å². The zero-order chi connectivity index (χ0) is 25.2. The summed E-state index contributed by atoms with van der Waals surface area (Å²) in [6, 6.07) is 3.85. The van der Waals surface area contributed by atoms with Gasteiger partial charge in [-0.15, -0.1) is 0 Å². The number of carbonyl (C=O) groups excluding carboxylic acids is 2. The number of rotatable bonds is 5. The number of nitrogens with zero attached hydrogens (tertiary/aromatic N) is 1. The van der Waals surface area contributed by atoms with Gasteiger partial charge in [-0.05, 0) is 60.2 Å². The zero-order valence-corrected chi connectivity index (χ0v) is 24.0. The first kappa shape index (κ1) is 26.9. The minimum atomic E-state index is -0.403. The Morgan fingerprint density at radius 3 is 2.69 bits per heavy atom. The molecule has 9 heteroatoms. The topological polar surface area (TPSA) is 77.1 Å². The summed E-state index contributed by atoms with van der Waals surface area (Å²) in [5, 5.41) is 3.38. The van der Waals surface area contributed by atoms with Crippen LogP contribution in [0.15, 0.2) is 21.1 Å². The molecule has 2 saturated heterocycles. The summed E-state index contributed by atoms with van der Waals surface area (Å²) in [4.78, 5) is 27.4. The Morgan fingerprint density at radius 1 is 1.23 bits per heavy atom. The lowest BCUT2D eigenvalue weighted by molar-refractivity contribution is -0.154. The van der Waals surface area contributed by atoms with Crippen molar-refractivity contribution in [2.75, 3.05) is 26.3 Å². The molecule has 2 heterocycles. The van der Waals surface area contributed by atoms with E-state index in [-0.39, 0.29) is 24.0 Å². The number of hydrogen-bond donors (Lipinski definition) is 1. The maximum absolute atomic E-state index is 13.0. The van der Waals surface area contributed by atoms with Gasteiger partial charge in [0.25, 0.3) is 0 Å². The van der Waals surface area contributed by atoms with E-state index in [1.54, 1.807) is 4.90 Å². The van der Waals surface area contributed by atoms with Crippen molar-refractivity contribution in [1.29, 1.82) is 0 Å². The average molecular weight is 616 g/mol. The minimum Gasteiger partial charge on any atom is -0.409 e. The molecule has 2 aliphatic heterocycles. The Labute approximate surface area is 224 Å². The van der Waals surface area contributed by atoms with E-state index < -0.39 is 11.6 Å². The molecule has 4 rings (SSSR count). The van der Waals surface area contributed by atoms with Crippen LogP contribution in [0.25, 0.3) is 0 Å². The van der Waals surface area contributed by atoms with Gasteiger partial charge >= 0.3 is 6.09 Å².